The summed E-state index contributed by atoms with van der Waals surface area (Å²) in [6.45, 7) is 2.01. The minimum Gasteiger partial charge on any atom is -0.457 e. The Morgan fingerprint density at radius 3 is 2.57 bits per heavy atom. The van der Waals surface area contributed by atoms with E-state index in [2.05, 4.69) is 5.32 Å². The SMILES string of the molecule is CCc1ccc2c(c1)C(NC(=O)C1CCC(C(F)(F)F)NC1=O)c1ccccc1O2. The van der Waals surface area contributed by atoms with Crippen molar-refractivity contribution in [3.05, 3.63) is 59.2 Å². The zero-order valence-electron chi connectivity index (χ0n) is 16.3. The zero-order chi connectivity index (χ0) is 21.5. The van der Waals surface area contributed by atoms with Crippen LogP contribution in [0.1, 0.15) is 42.5 Å². The lowest BCUT2D eigenvalue weighted by Gasteiger charge is -2.33. The van der Waals surface area contributed by atoms with Crippen LogP contribution in [0.15, 0.2) is 42.5 Å². The Hall–Kier alpha value is -3.03. The van der Waals surface area contributed by atoms with Gasteiger partial charge in [0.05, 0.1) is 6.04 Å². The second-order valence-corrected chi connectivity index (χ2v) is 7.54. The number of piperidine rings is 1. The van der Waals surface area contributed by atoms with E-state index in [0.717, 1.165) is 23.1 Å². The summed E-state index contributed by atoms with van der Waals surface area (Å²) in [5.74, 6) is -1.48. The molecule has 0 spiro atoms. The van der Waals surface area contributed by atoms with Gasteiger partial charge in [-0.1, -0.05) is 31.2 Å². The lowest BCUT2D eigenvalue weighted by molar-refractivity contribution is -0.171. The van der Waals surface area contributed by atoms with E-state index in [0.29, 0.717) is 11.5 Å². The number of nitrogens with one attached hydrogen (secondary N) is 2. The van der Waals surface area contributed by atoms with E-state index in [1.807, 2.05) is 48.6 Å². The summed E-state index contributed by atoms with van der Waals surface area (Å²) < 4.78 is 44.6. The predicted molar refractivity (Wildman–Crippen MR) is 103 cm³/mol. The summed E-state index contributed by atoms with van der Waals surface area (Å²) in [6, 6.07) is 10.5. The van der Waals surface area contributed by atoms with Crippen molar-refractivity contribution in [3.8, 4) is 11.5 Å². The average molecular weight is 418 g/mol. The van der Waals surface area contributed by atoms with E-state index in [4.69, 9.17) is 4.74 Å². The van der Waals surface area contributed by atoms with E-state index in [1.54, 1.807) is 6.07 Å². The lowest BCUT2D eigenvalue weighted by atomic mass is 9.90. The number of alkyl halides is 3. The van der Waals surface area contributed by atoms with Gasteiger partial charge in [-0.05, 0) is 43.0 Å². The maximum Gasteiger partial charge on any atom is 0.408 e. The molecule has 0 radical (unpaired) electrons. The molecule has 0 aliphatic carbocycles. The third-order valence-corrected chi connectivity index (χ3v) is 5.62. The predicted octanol–water partition coefficient (Wildman–Crippen LogP) is 4.02. The van der Waals surface area contributed by atoms with Crippen LogP contribution in [0.2, 0.25) is 0 Å². The van der Waals surface area contributed by atoms with E-state index in [1.165, 1.54) is 0 Å². The fraction of sp³-hybridized carbons (Fsp3) is 0.364. The van der Waals surface area contributed by atoms with Gasteiger partial charge in [-0.15, -0.1) is 0 Å². The summed E-state index contributed by atoms with van der Waals surface area (Å²) in [7, 11) is 0. The molecule has 4 rings (SSSR count). The molecule has 1 fully saturated rings. The quantitative estimate of drug-likeness (QED) is 0.740. The molecular weight excluding hydrogens is 397 g/mol. The Morgan fingerprint density at radius 1 is 1.13 bits per heavy atom. The summed E-state index contributed by atoms with van der Waals surface area (Å²) in [4.78, 5) is 25.1. The van der Waals surface area contributed by atoms with Crippen LogP contribution in [-0.2, 0) is 16.0 Å². The van der Waals surface area contributed by atoms with Crippen molar-refractivity contribution in [2.45, 2.75) is 44.4 Å². The number of carbonyl (C=O) groups is 2. The number of aryl methyl sites for hydroxylation is 1. The molecule has 0 saturated carbocycles. The highest BCUT2D eigenvalue weighted by Gasteiger charge is 2.46. The molecule has 0 bridgehead atoms. The first-order valence-corrected chi connectivity index (χ1v) is 9.85. The topological polar surface area (TPSA) is 67.4 Å². The summed E-state index contributed by atoms with van der Waals surface area (Å²) in [5, 5.41) is 4.81. The van der Waals surface area contributed by atoms with Gasteiger partial charge in [0.25, 0.3) is 0 Å². The van der Waals surface area contributed by atoms with Crippen LogP contribution >= 0.6 is 0 Å². The number of rotatable bonds is 3. The maximum absolute atomic E-state index is 12.9. The number of ether oxygens (including phenoxy) is 1. The molecule has 2 N–H and O–H groups in total. The van der Waals surface area contributed by atoms with Gasteiger partial charge in [-0.25, -0.2) is 0 Å². The molecule has 2 heterocycles. The first-order chi connectivity index (χ1) is 14.3. The Kier molecular flexibility index (Phi) is 5.17. The maximum atomic E-state index is 12.9. The van der Waals surface area contributed by atoms with E-state index >= 15 is 0 Å². The van der Waals surface area contributed by atoms with Gasteiger partial charge in [-0.3, -0.25) is 9.59 Å². The second kappa shape index (κ2) is 7.66. The molecule has 2 amide bonds. The molecule has 5 nitrogen and oxygen atoms in total. The Morgan fingerprint density at radius 2 is 1.87 bits per heavy atom. The Labute approximate surface area is 171 Å². The van der Waals surface area contributed by atoms with Crippen LogP contribution < -0.4 is 15.4 Å². The fourth-order valence-corrected chi connectivity index (χ4v) is 3.94. The number of fused-ring (bicyclic) bond motifs is 2. The zero-order valence-corrected chi connectivity index (χ0v) is 16.3. The van der Waals surface area contributed by atoms with Crippen LogP contribution in [-0.4, -0.2) is 24.0 Å². The highest BCUT2D eigenvalue weighted by molar-refractivity contribution is 6.01. The van der Waals surface area contributed by atoms with E-state index in [9.17, 15) is 22.8 Å². The first kappa shape index (κ1) is 20.3. The Bertz CT molecular complexity index is 990. The van der Waals surface area contributed by atoms with Crippen molar-refractivity contribution < 1.29 is 27.5 Å². The normalized spacial score (nSPS) is 22.9. The van der Waals surface area contributed by atoms with E-state index < -0.39 is 36.0 Å². The average Bonchev–Trinajstić information content (AvgIpc) is 2.72. The smallest absolute Gasteiger partial charge is 0.408 e. The fourth-order valence-electron chi connectivity index (χ4n) is 3.94. The van der Waals surface area contributed by atoms with Gasteiger partial charge in [-0.2, -0.15) is 13.2 Å². The van der Waals surface area contributed by atoms with Crippen LogP contribution in [0.5, 0.6) is 11.5 Å². The van der Waals surface area contributed by atoms with Crippen LogP contribution in [0.3, 0.4) is 0 Å². The van der Waals surface area contributed by atoms with Crippen LogP contribution in [0.4, 0.5) is 13.2 Å². The van der Waals surface area contributed by atoms with Gasteiger partial charge in [0, 0.05) is 11.1 Å². The standard InChI is InChI=1S/C22H21F3N2O3/c1-2-12-7-9-17-15(11-12)19(13-5-3-4-6-16(13)30-17)27-21(29)14-8-10-18(22(23,24)25)26-20(14)28/h3-7,9,11,14,18-19H,2,8,10H2,1H3,(H,26,28)(H,27,29). The second-order valence-electron chi connectivity index (χ2n) is 7.54. The molecule has 2 aliphatic rings. The lowest BCUT2D eigenvalue weighted by Crippen LogP contribution is -2.54. The molecule has 3 unspecified atom stereocenters. The van der Waals surface area contributed by atoms with E-state index in [-0.39, 0.29) is 12.8 Å². The molecule has 0 aromatic heterocycles. The number of hydrogen-bond acceptors (Lipinski definition) is 3. The minimum atomic E-state index is -4.52. The van der Waals surface area contributed by atoms with Gasteiger partial charge >= 0.3 is 6.18 Å². The highest BCUT2D eigenvalue weighted by atomic mass is 19.4. The van der Waals surface area contributed by atoms with Crippen molar-refractivity contribution in [2.24, 2.45) is 5.92 Å². The van der Waals surface area contributed by atoms with Crippen molar-refractivity contribution >= 4 is 11.8 Å². The Balaban J connectivity index is 1.60. The van der Waals surface area contributed by atoms with Gasteiger partial charge in [0.15, 0.2) is 0 Å². The van der Waals surface area contributed by atoms with Crippen molar-refractivity contribution in [1.29, 1.82) is 0 Å². The molecule has 2 aromatic rings. The summed E-state index contributed by atoms with van der Waals surface area (Å²) >= 11 is 0. The number of para-hydroxylation sites is 1. The minimum absolute atomic E-state index is 0.158. The molecule has 2 aromatic carbocycles. The highest BCUT2D eigenvalue weighted by Crippen LogP contribution is 2.43. The number of benzene rings is 2. The number of carbonyl (C=O) groups excluding carboxylic acids is 2. The molecule has 8 heteroatoms. The molecule has 2 aliphatic heterocycles. The third-order valence-electron chi connectivity index (χ3n) is 5.62. The monoisotopic (exact) mass is 418 g/mol. The van der Waals surface area contributed by atoms with Crippen LogP contribution in [0.25, 0.3) is 0 Å². The van der Waals surface area contributed by atoms with Gasteiger partial charge in [0.1, 0.15) is 23.5 Å². The molecular formula is C22H21F3N2O3. The summed E-state index contributed by atoms with van der Waals surface area (Å²) in [5.41, 5.74) is 2.54. The molecule has 1 saturated heterocycles. The molecule has 158 valence electrons. The third kappa shape index (κ3) is 3.74. The van der Waals surface area contributed by atoms with Crippen molar-refractivity contribution in [2.75, 3.05) is 0 Å². The van der Waals surface area contributed by atoms with Crippen LogP contribution in [0, 0.1) is 5.92 Å². The summed E-state index contributed by atoms with van der Waals surface area (Å²) in [6.07, 6.45) is -4.21. The molecule has 30 heavy (non-hydrogen) atoms. The first-order valence-electron chi connectivity index (χ1n) is 9.85. The largest absolute Gasteiger partial charge is 0.457 e. The number of halogens is 3. The van der Waals surface area contributed by atoms with Crippen molar-refractivity contribution in [3.63, 3.8) is 0 Å². The number of hydrogen-bond donors (Lipinski definition) is 2. The van der Waals surface area contributed by atoms with Gasteiger partial charge in [0.2, 0.25) is 11.8 Å². The molecule has 3 atom stereocenters. The van der Waals surface area contributed by atoms with Crippen molar-refractivity contribution in [1.82, 2.24) is 10.6 Å². The van der Waals surface area contributed by atoms with Gasteiger partial charge < -0.3 is 15.4 Å². The number of amides is 2.